The largest absolute Gasteiger partial charge is 0.469 e. The molecular weight excluding hydrogens is 372 g/mol. The summed E-state index contributed by atoms with van der Waals surface area (Å²) in [7, 11) is 3.08. The Morgan fingerprint density at radius 2 is 1.76 bits per heavy atom. The molecule has 0 bridgehead atoms. The number of carbonyl (C=O) groups excluding carboxylic acids is 1. The Morgan fingerprint density at radius 1 is 1.21 bits per heavy atom. The first-order valence-corrected chi connectivity index (χ1v) is 10.1. The maximum absolute atomic E-state index is 11.6. The van der Waals surface area contributed by atoms with Crippen molar-refractivity contribution in [2.24, 2.45) is 13.0 Å². The average Bonchev–Trinajstić information content (AvgIpc) is 2.74. The van der Waals surface area contributed by atoms with Crippen LogP contribution in [0.2, 0.25) is 0 Å². The zero-order valence-corrected chi connectivity index (χ0v) is 19.2. The van der Waals surface area contributed by atoms with E-state index >= 15 is 0 Å². The number of fused-ring (bicyclic) bond motifs is 1. The van der Waals surface area contributed by atoms with Crippen molar-refractivity contribution in [2.75, 3.05) is 7.11 Å². The summed E-state index contributed by atoms with van der Waals surface area (Å²) in [4.78, 5) is 32.5. The van der Waals surface area contributed by atoms with Crippen LogP contribution in [0.15, 0.2) is 29.1 Å². The van der Waals surface area contributed by atoms with Gasteiger partial charge in [-0.05, 0) is 25.5 Å². The van der Waals surface area contributed by atoms with E-state index in [9.17, 15) is 19.7 Å². The molecule has 0 aliphatic heterocycles. The van der Waals surface area contributed by atoms with Gasteiger partial charge in [0.2, 0.25) is 0 Å². The van der Waals surface area contributed by atoms with Gasteiger partial charge in [0.1, 0.15) is 0 Å². The molecule has 0 radical (unpaired) electrons. The molecule has 29 heavy (non-hydrogen) atoms. The molecule has 0 N–H and O–H groups in total. The Balaban J connectivity index is 0. The van der Waals surface area contributed by atoms with Gasteiger partial charge in [0, 0.05) is 30.1 Å². The Kier molecular flexibility index (Phi) is 15.0. The summed E-state index contributed by atoms with van der Waals surface area (Å²) >= 11 is 0. The summed E-state index contributed by atoms with van der Waals surface area (Å²) < 4.78 is 6.02. The van der Waals surface area contributed by atoms with Crippen LogP contribution in [0, 0.1) is 23.0 Å². The molecular formula is C22H36N2O5. The molecule has 7 heteroatoms. The van der Waals surface area contributed by atoms with E-state index in [4.69, 9.17) is 0 Å². The van der Waals surface area contributed by atoms with Crippen LogP contribution in [-0.2, 0) is 16.6 Å². The first-order valence-electron chi connectivity index (χ1n) is 10.1. The zero-order valence-electron chi connectivity index (χ0n) is 19.2. The summed E-state index contributed by atoms with van der Waals surface area (Å²) in [6, 6.07) is 6.14. The van der Waals surface area contributed by atoms with Crippen LogP contribution in [0.5, 0.6) is 0 Å². The minimum Gasteiger partial charge on any atom is -0.469 e. The molecule has 2 aromatic rings. The first-order chi connectivity index (χ1) is 13.7. The third-order valence-corrected chi connectivity index (χ3v) is 3.92. The van der Waals surface area contributed by atoms with Gasteiger partial charge in [0.05, 0.1) is 23.5 Å². The number of nitrogens with zero attached hydrogens (tertiary/aromatic N) is 2. The van der Waals surface area contributed by atoms with E-state index in [-0.39, 0.29) is 23.1 Å². The number of hydrogen-bond acceptors (Lipinski definition) is 5. The molecule has 1 aromatic carbocycles. The standard InChI is InChI=1S/C11H10N2O3.C7H14O2.2C2H6/c1-7-5-8-6-9(13(15)16)3-4-10(8)12(2)11(7)14;1-4-5-6(2)7(8)9-3;2*1-2/h3-6H,1-2H3;6H,4-5H2,1-3H3;2*1-2H3. The number of carbonyl (C=O) groups is 1. The van der Waals surface area contributed by atoms with E-state index in [1.807, 2.05) is 34.6 Å². The fourth-order valence-corrected chi connectivity index (χ4v) is 2.50. The van der Waals surface area contributed by atoms with E-state index in [1.165, 1.54) is 23.8 Å². The molecule has 164 valence electrons. The molecule has 0 saturated carbocycles. The topological polar surface area (TPSA) is 91.4 Å². The first kappa shape index (κ1) is 28.5. The van der Waals surface area contributed by atoms with Crippen molar-refractivity contribution in [1.82, 2.24) is 4.57 Å². The lowest BCUT2D eigenvalue weighted by atomic mass is 10.1. The summed E-state index contributed by atoms with van der Waals surface area (Å²) in [5.74, 6) is -0.0307. The number of benzene rings is 1. The number of aromatic nitrogens is 1. The molecule has 0 fully saturated rings. The van der Waals surface area contributed by atoms with Crippen molar-refractivity contribution >= 4 is 22.6 Å². The number of esters is 1. The molecule has 7 nitrogen and oxygen atoms in total. The van der Waals surface area contributed by atoms with Gasteiger partial charge in [-0.15, -0.1) is 0 Å². The van der Waals surface area contributed by atoms with Crippen molar-refractivity contribution in [2.45, 2.75) is 61.3 Å². The normalized spacial score (nSPS) is 10.2. The third kappa shape index (κ3) is 8.89. The SMILES string of the molecule is CC.CC.CCCC(C)C(=O)OC.Cc1cc2cc([N+](=O)[O-])ccc2n(C)c1=O. The molecule has 0 saturated heterocycles. The second-order valence-corrected chi connectivity index (χ2v) is 5.90. The van der Waals surface area contributed by atoms with Crippen molar-refractivity contribution in [3.05, 3.63) is 50.3 Å². The Morgan fingerprint density at radius 3 is 2.21 bits per heavy atom. The van der Waals surface area contributed by atoms with Gasteiger partial charge in [0.15, 0.2) is 0 Å². The van der Waals surface area contributed by atoms with Gasteiger partial charge in [0.25, 0.3) is 11.2 Å². The van der Waals surface area contributed by atoms with Crippen LogP contribution < -0.4 is 5.56 Å². The molecule has 0 aliphatic carbocycles. The maximum Gasteiger partial charge on any atom is 0.308 e. The summed E-state index contributed by atoms with van der Waals surface area (Å²) in [6.07, 6.45) is 1.96. The Hall–Kier alpha value is -2.70. The summed E-state index contributed by atoms with van der Waals surface area (Å²) in [6.45, 7) is 13.6. The highest BCUT2D eigenvalue weighted by atomic mass is 16.6. The van der Waals surface area contributed by atoms with Gasteiger partial charge in [-0.2, -0.15) is 0 Å². The molecule has 1 atom stereocenters. The smallest absolute Gasteiger partial charge is 0.308 e. The van der Waals surface area contributed by atoms with Crippen LogP contribution in [0.3, 0.4) is 0 Å². The zero-order chi connectivity index (χ0) is 23.1. The lowest BCUT2D eigenvalue weighted by Crippen LogP contribution is -2.19. The molecule has 0 aliphatic rings. The van der Waals surface area contributed by atoms with Gasteiger partial charge in [-0.1, -0.05) is 48.0 Å². The average molecular weight is 409 g/mol. The van der Waals surface area contributed by atoms with Crippen LogP contribution in [0.25, 0.3) is 10.9 Å². The van der Waals surface area contributed by atoms with E-state index in [2.05, 4.69) is 11.7 Å². The van der Waals surface area contributed by atoms with Crippen LogP contribution in [0.4, 0.5) is 5.69 Å². The van der Waals surface area contributed by atoms with Crippen LogP contribution in [-0.4, -0.2) is 22.6 Å². The molecule has 2 rings (SSSR count). The number of hydrogen-bond donors (Lipinski definition) is 0. The molecule has 0 amide bonds. The molecule has 1 unspecified atom stereocenters. The minimum atomic E-state index is -0.445. The lowest BCUT2D eigenvalue weighted by Gasteiger charge is -2.05. The van der Waals surface area contributed by atoms with Crippen molar-refractivity contribution in [1.29, 1.82) is 0 Å². The molecule has 0 spiro atoms. The van der Waals surface area contributed by atoms with E-state index in [0.29, 0.717) is 16.5 Å². The quantitative estimate of drug-likeness (QED) is 0.383. The predicted octanol–water partition coefficient (Wildman–Crippen LogP) is 5.40. The fourth-order valence-electron chi connectivity index (χ4n) is 2.50. The highest BCUT2D eigenvalue weighted by molar-refractivity contribution is 5.82. The highest BCUT2D eigenvalue weighted by Gasteiger charge is 2.10. The van der Waals surface area contributed by atoms with Crippen molar-refractivity contribution < 1.29 is 14.5 Å². The van der Waals surface area contributed by atoms with Crippen molar-refractivity contribution in [3.63, 3.8) is 0 Å². The Bertz CT molecular complexity index is 828. The van der Waals surface area contributed by atoms with E-state index in [1.54, 1.807) is 26.1 Å². The summed E-state index contributed by atoms with van der Waals surface area (Å²) in [5.41, 5.74) is 1.23. The van der Waals surface area contributed by atoms with E-state index < -0.39 is 4.92 Å². The molecule has 1 aromatic heterocycles. The Labute approximate surface area is 173 Å². The number of nitro benzene ring substituents is 1. The second kappa shape index (κ2) is 15.2. The summed E-state index contributed by atoms with van der Waals surface area (Å²) in [5, 5.41) is 11.3. The predicted molar refractivity (Wildman–Crippen MR) is 119 cm³/mol. The number of aryl methyl sites for hydroxylation is 2. The van der Waals surface area contributed by atoms with Crippen LogP contribution in [0.1, 0.15) is 59.9 Å². The number of methoxy groups -OCH3 is 1. The number of nitro groups is 1. The third-order valence-electron chi connectivity index (χ3n) is 3.92. The number of non-ortho nitro benzene ring substituents is 1. The maximum atomic E-state index is 11.6. The van der Waals surface area contributed by atoms with E-state index in [0.717, 1.165) is 12.8 Å². The van der Waals surface area contributed by atoms with Crippen molar-refractivity contribution in [3.8, 4) is 0 Å². The fraction of sp³-hybridized carbons (Fsp3) is 0.545. The number of ether oxygens (including phenoxy) is 1. The monoisotopic (exact) mass is 408 g/mol. The minimum absolute atomic E-state index is 0.0329. The van der Waals surface area contributed by atoms with Gasteiger partial charge >= 0.3 is 5.97 Å². The van der Waals surface area contributed by atoms with Gasteiger partial charge < -0.3 is 9.30 Å². The van der Waals surface area contributed by atoms with Gasteiger partial charge in [-0.3, -0.25) is 19.7 Å². The highest BCUT2D eigenvalue weighted by Crippen LogP contribution is 2.19. The number of pyridine rings is 1. The number of rotatable bonds is 4. The van der Waals surface area contributed by atoms with Gasteiger partial charge in [-0.25, -0.2) is 0 Å². The molecule has 1 heterocycles. The van der Waals surface area contributed by atoms with Crippen LogP contribution >= 0.6 is 0 Å². The second-order valence-electron chi connectivity index (χ2n) is 5.90. The lowest BCUT2D eigenvalue weighted by molar-refractivity contribution is -0.384.